The molecule has 2 heterocycles. The minimum atomic E-state index is 0.0392. The average molecular weight is 350 g/mol. The zero-order valence-corrected chi connectivity index (χ0v) is 15.0. The van der Waals surface area contributed by atoms with Gasteiger partial charge in [0, 0.05) is 43.5 Å². The van der Waals surface area contributed by atoms with Crippen molar-refractivity contribution in [2.45, 2.75) is 37.5 Å². The van der Waals surface area contributed by atoms with E-state index in [9.17, 15) is 0 Å². The van der Waals surface area contributed by atoms with Crippen LogP contribution in [-0.4, -0.2) is 69.9 Å². The molecule has 0 spiro atoms. The smallest absolute Gasteiger partial charge is 0.120 e. The number of hydrogen-bond acceptors (Lipinski definition) is 6. The van der Waals surface area contributed by atoms with Gasteiger partial charge in [0.15, 0.2) is 0 Å². The molecule has 2 aliphatic rings. The number of aliphatic hydroxyl groups excluding tert-OH is 1. The van der Waals surface area contributed by atoms with Crippen molar-refractivity contribution in [2.75, 3.05) is 51.5 Å². The third-order valence-electron chi connectivity index (χ3n) is 5.09. The third kappa shape index (κ3) is 5.07. The molecule has 2 fully saturated rings. The molecule has 0 radical (unpaired) electrons. The van der Waals surface area contributed by atoms with Gasteiger partial charge in [-0.2, -0.15) is 0 Å². The predicted octanol–water partition coefficient (Wildman–Crippen LogP) is 1.42. The Bertz CT molecular complexity index is 520. The molecule has 3 rings (SSSR count). The highest BCUT2D eigenvalue weighted by atomic mass is 16.5. The van der Waals surface area contributed by atoms with Crippen LogP contribution in [-0.2, 0) is 9.47 Å². The van der Waals surface area contributed by atoms with E-state index in [0.29, 0.717) is 25.3 Å². The van der Waals surface area contributed by atoms with Gasteiger partial charge in [0.25, 0.3) is 0 Å². The molecule has 0 unspecified atom stereocenters. The number of anilines is 1. The Morgan fingerprint density at radius 2 is 2.12 bits per heavy atom. The van der Waals surface area contributed by atoms with E-state index in [1.165, 1.54) is 5.69 Å². The highest BCUT2D eigenvalue weighted by Crippen LogP contribution is 2.25. The van der Waals surface area contributed by atoms with Crippen LogP contribution in [0.5, 0.6) is 5.75 Å². The second-order valence-corrected chi connectivity index (χ2v) is 6.73. The van der Waals surface area contributed by atoms with Crippen molar-refractivity contribution < 1.29 is 19.3 Å². The predicted molar refractivity (Wildman–Crippen MR) is 97.4 cm³/mol. The normalized spacial score (nSPS) is 25.1. The summed E-state index contributed by atoms with van der Waals surface area (Å²) in [4.78, 5) is 2.42. The van der Waals surface area contributed by atoms with Gasteiger partial charge in [-0.05, 0) is 31.4 Å². The number of rotatable bonds is 7. The van der Waals surface area contributed by atoms with Gasteiger partial charge in [0.1, 0.15) is 5.75 Å². The summed E-state index contributed by atoms with van der Waals surface area (Å²) < 4.78 is 16.6. The van der Waals surface area contributed by atoms with Gasteiger partial charge in [-0.3, -0.25) is 0 Å². The summed E-state index contributed by atoms with van der Waals surface area (Å²) in [6.07, 6.45) is 3.23. The molecule has 6 nitrogen and oxygen atoms in total. The van der Waals surface area contributed by atoms with Crippen LogP contribution in [0.4, 0.5) is 5.69 Å². The topological polar surface area (TPSA) is 63.2 Å². The molecule has 1 aromatic rings. The SMILES string of the molecule is COc1cccc(N2CCC(N[C@@H]3CCOC[C@H]3OCCO)CC2)c1. The fraction of sp³-hybridized carbons (Fsp3) is 0.684. The molecule has 6 heteroatoms. The summed E-state index contributed by atoms with van der Waals surface area (Å²) in [7, 11) is 1.71. The Morgan fingerprint density at radius 1 is 1.28 bits per heavy atom. The summed E-state index contributed by atoms with van der Waals surface area (Å²) in [6, 6.07) is 9.09. The van der Waals surface area contributed by atoms with E-state index in [4.69, 9.17) is 19.3 Å². The molecule has 0 bridgehead atoms. The van der Waals surface area contributed by atoms with E-state index >= 15 is 0 Å². The number of piperidine rings is 1. The minimum absolute atomic E-state index is 0.0392. The highest BCUT2D eigenvalue weighted by Gasteiger charge is 2.29. The molecule has 0 aliphatic carbocycles. The van der Waals surface area contributed by atoms with E-state index in [1.54, 1.807) is 7.11 Å². The van der Waals surface area contributed by atoms with Crippen molar-refractivity contribution in [3.8, 4) is 5.75 Å². The maximum atomic E-state index is 8.98. The molecule has 2 aliphatic heterocycles. The maximum Gasteiger partial charge on any atom is 0.120 e. The standard InChI is InChI=1S/C19H30N2O4/c1-23-17-4-2-3-16(13-17)21-8-5-15(6-9-21)20-18-7-11-24-14-19(18)25-12-10-22/h2-4,13,15,18-20,22H,5-12,14H2,1H3/t18-,19-/m1/s1. The fourth-order valence-electron chi connectivity index (χ4n) is 3.69. The first-order valence-electron chi connectivity index (χ1n) is 9.25. The van der Waals surface area contributed by atoms with Crippen LogP contribution in [0.25, 0.3) is 0 Å². The molecule has 2 N–H and O–H groups in total. The molecule has 1 aromatic carbocycles. The molecule has 0 saturated carbocycles. The molecule has 2 saturated heterocycles. The number of aliphatic hydroxyl groups is 1. The van der Waals surface area contributed by atoms with Crippen LogP contribution < -0.4 is 15.0 Å². The first-order chi connectivity index (χ1) is 12.3. The van der Waals surface area contributed by atoms with Crippen LogP contribution in [0.1, 0.15) is 19.3 Å². The van der Waals surface area contributed by atoms with Gasteiger partial charge >= 0.3 is 0 Å². The number of ether oxygens (including phenoxy) is 3. The minimum Gasteiger partial charge on any atom is -0.497 e. The summed E-state index contributed by atoms with van der Waals surface area (Å²) in [5, 5.41) is 12.8. The zero-order chi connectivity index (χ0) is 17.5. The van der Waals surface area contributed by atoms with E-state index in [1.807, 2.05) is 12.1 Å². The van der Waals surface area contributed by atoms with Crippen molar-refractivity contribution >= 4 is 5.69 Å². The number of methoxy groups -OCH3 is 1. The summed E-state index contributed by atoms with van der Waals surface area (Å²) in [5.74, 6) is 0.906. The summed E-state index contributed by atoms with van der Waals surface area (Å²) in [6.45, 7) is 3.90. The highest BCUT2D eigenvalue weighted by molar-refractivity contribution is 5.51. The van der Waals surface area contributed by atoms with E-state index < -0.39 is 0 Å². The molecule has 140 valence electrons. The van der Waals surface area contributed by atoms with Gasteiger partial charge in [-0.15, -0.1) is 0 Å². The Balaban J connectivity index is 1.49. The molecule has 0 amide bonds. The third-order valence-corrected chi connectivity index (χ3v) is 5.09. The Kier molecular flexibility index (Phi) is 6.93. The fourth-order valence-corrected chi connectivity index (χ4v) is 3.69. The summed E-state index contributed by atoms with van der Waals surface area (Å²) in [5.41, 5.74) is 1.23. The summed E-state index contributed by atoms with van der Waals surface area (Å²) >= 11 is 0. The van der Waals surface area contributed by atoms with Crippen molar-refractivity contribution in [1.29, 1.82) is 0 Å². The van der Waals surface area contributed by atoms with Gasteiger partial charge in [0.2, 0.25) is 0 Å². The zero-order valence-electron chi connectivity index (χ0n) is 15.0. The van der Waals surface area contributed by atoms with Crippen LogP contribution in [0.15, 0.2) is 24.3 Å². The van der Waals surface area contributed by atoms with Gasteiger partial charge in [0.05, 0.1) is 33.0 Å². The van der Waals surface area contributed by atoms with Crippen molar-refractivity contribution in [3.05, 3.63) is 24.3 Å². The first-order valence-corrected chi connectivity index (χ1v) is 9.25. The number of nitrogens with zero attached hydrogens (tertiary/aromatic N) is 1. The number of hydrogen-bond donors (Lipinski definition) is 2. The van der Waals surface area contributed by atoms with Gasteiger partial charge in [-0.25, -0.2) is 0 Å². The van der Waals surface area contributed by atoms with E-state index in [-0.39, 0.29) is 12.7 Å². The van der Waals surface area contributed by atoms with E-state index in [0.717, 1.165) is 44.7 Å². The van der Waals surface area contributed by atoms with Gasteiger partial charge < -0.3 is 29.5 Å². The second-order valence-electron chi connectivity index (χ2n) is 6.73. The molecule has 0 aromatic heterocycles. The van der Waals surface area contributed by atoms with Crippen molar-refractivity contribution in [3.63, 3.8) is 0 Å². The number of nitrogens with one attached hydrogen (secondary N) is 1. The van der Waals surface area contributed by atoms with Crippen molar-refractivity contribution in [1.82, 2.24) is 5.32 Å². The Morgan fingerprint density at radius 3 is 2.88 bits per heavy atom. The van der Waals surface area contributed by atoms with E-state index in [2.05, 4.69) is 22.3 Å². The monoisotopic (exact) mass is 350 g/mol. The first kappa shape index (κ1) is 18.5. The lowest BCUT2D eigenvalue weighted by atomic mass is 9.99. The largest absolute Gasteiger partial charge is 0.497 e. The molecule has 25 heavy (non-hydrogen) atoms. The lowest BCUT2D eigenvalue weighted by Gasteiger charge is -2.39. The van der Waals surface area contributed by atoms with Crippen LogP contribution >= 0.6 is 0 Å². The number of benzene rings is 1. The van der Waals surface area contributed by atoms with Crippen LogP contribution in [0.3, 0.4) is 0 Å². The molecular weight excluding hydrogens is 320 g/mol. The molecule has 2 atom stereocenters. The Hall–Kier alpha value is -1.34. The quantitative estimate of drug-likeness (QED) is 0.776. The maximum absolute atomic E-state index is 8.98. The lowest BCUT2D eigenvalue weighted by Crippen LogP contribution is -2.54. The lowest BCUT2D eigenvalue weighted by molar-refractivity contribution is -0.0779. The van der Waals surface area contributed by atoms with Crippen LogP contribution in [0.2, 0.25) is 0 Å². The second kappa shape index (κ2) is 9.38. The van der Waals surface area contributed by atoms with Crippen LogP contribution in [0, 0.1) is 0 Å². The van der Waals surface area contributed by atoms with Crippen molar-refractivity contribution in [2.24, 2.45) is 0 Å². The average Bonchev–Trinajstić information content (AvgIpc) is 2.68. The Labute approximate surface area is 150 Å². The van der Waals surface area contributed by atoms with Gasteiger partial charge in [-0.1, -0.05) is 6.07 Å². The molecular formula is C19H30N2O4.